The molecular weight excluding hydrogens is 228 g/mol. The number of hydrogen-bond acceptors (Lipinski definition) is 3. The van der Waals surface area contributed by atoms with Gasteiger partial charge in [0.05, 0.1) is 6.61 Å². The lowest BCUT2D eigenvalue weighted by atomic mass is 10.1. The van der Waals surface area contributed by atoms with Gasteiger partial charge in [0.25, 0.3) is 5.91 Å². The molecule has 0 saturated carbocycles. The Bertz CT molecular complexity index is 455. The molecule has 0 unspecified atom stereocenters. The number of carbonyl (C=O) groups excluding carboxylic acids is 1. The van der Waals surface area contributed by atoms with E-state index in [0.717, 1.165) is 18.7 Å². The summed E-state index contributed by atoms with van der Waals surface area (Å²) in [6.07, 6.45) is 0.592. The molecule has 4 heteroatoms. The van der Waals surface area contributed by atoms with E-state index in [1.807, 2.05) is 23.1 Å². The highest BCUT2D eigenvalue weighted by molar-refractivity contribution is 5.99. The van der Waals surface area contributed by atoms with Gasteiger partial charge in [-0.3, -0.25) is 4.79 Å². The molecule has 0 spiro atoms. The molecular formula is C14H18N2O2. The maximum atomic E-state index is 12.5. The molecule has 2 atom stereocenters. The molecule has 96 valence electrons. The molecule has 1 N–H and O–H groups in total. The minimum atomic E-state index is -0.340. The van der Waals surface area contributed by atoms with Crippen molar-refractivity contribution in [1.82, 2.24) is 5.32 Å². The van der Waals surface area contributed by atoms with Gasteiger partial charge in [-0.1, -0.05) is 18.2 Å². The van der Waals surface area contributed by atoms with E-state index in [-0.39, 0.29) is 18.1 Å². The van der Waals surface area contributed by atoms with Gasteiger partial charge in [-0.05, 0) is 25.0 Å². The third kappa shape index (κ3) is 1.91. The van der Waals surface area contributed by atoms with Gasteiger partial charge in [-0.25, -0.2) is 0 Å². The van der Waals surface area contributed by atoms with Crippen molar-refractivity contribution in [2.24, 2.45) is 0 Å². The Kier molecular flexibility index (Phi) is 3.06. The Morgan fingerprint density at radius 3 is 3.06 bits per heavy atom. The lowest BCUT2D eigenvalue weighted by Gasteiger charge is -2.30. The largest absolute Gasteiger partial charge is 0.366 e. The zero-order valence-electron chi connectivity index (χ0n) is 10.6. The molecule has 0 aliphatic carbocycles. The number of amides is 1. The van der Waals surface area contributed by atoms with E-state index in [1.54, 1.807) is 0 Å². The quantitative estimate of drug-likeness (QED) is 0.802. The highest BCUT2D eigenvalue weighted by atomic mass is 16.5. The van der Waals surface area contributed by atoms with Gasteiger partial charge in [-0.15, -0.1) is 0 Å². The summed E-state index contributed by atoms with van der Waals surface area (Å²) in [7, 11) is 0. The third-order valence-electron chi connectivity index (χ3n) is 3.65. The SMILES string of the molecule is C[C@H]1Cc2ccccc2N1C(=O)[C@H]1CNCCO1. The number of rotatable bonds is 1. The van der Waals surface area contributed by atoms with Crippen LogP contribution in [0.1, 0.15) is 12.5 Å². The van der Waals surface area contributed by atoms with E-state index in [2.05, 4.69) is 18.3 Å². The van der Waals surface area contributed by atoms with E-state index in [4.69, 9.17) is 4.74 Å². The lowest BCUT2D eigenvalue weighted by molar-refractivity contribution is -0.131. The van der Waals surface area contributed by atoms with Crippen molar-refractivity contribution in [3.8, 4) is 0 Å². The van der Waals surface area contributed by atoms with Crippen molar-refractivity contribution in [3.05, 3.63) is 29.8 Å². The highest BCUT2D eigenvalue weighted by Gasteiger charge is 2.35. The topological polar surface area (TPSA) is 41.6 Å². The average Bonchev–Trinajstić information content (AvgIpc) is 2.75. The minimum Gasteiger partial charge on any atom is -0.366 e. The smallest absolute Gasteiger partial charge is 0.257 e. The zero-order valence-corrected chi connectivity index (χ0v) is 10.6. The summed E-state index contributed by atoms with van der Waals surface area (Å²) in [6, 6.07) is 8.35. The normalized spacial score (nSPS) is 27.1. The number of benzene rings is 1. The number of fused-ring (bicyclic) bond motifs is 1. The summed E-state index contributed by atoms with van der Waals surface area (Å²) >= 11 is 0. The van der Waals surface area contributed by atoms with Crippen LogP contribution in [0.2, 0.25) is 0 Å². The summed E-state index contributed by atoms with van der Waals surface area (Å²) in [5, 5.41) is 3.21. The van der Waals surface area contributed by atoms with Crippen LogP contribution in [0.15, 0.2) is 24.3 Å². The van der Waals surface area contributed by atoms with Crippen LogP contribution in [-0.4, -0.2) is 37.7 Å². The Hall–Kier alpha value is -1.39. The van der Waals surface area contributed by atoms with Gasteiger partial charge in [0, 0.05) is 24.8 Å². The highest BCUT2D eigenvalue weighted by Crippen LogP contribution is 2.32. The van der Waals surface area contributed by atoms with Crippen LogP contribution >= 0.6 is 0 Å². The fraction of sp³-hybridized carbons (Fsp3) is 0.500. The number of hydrogen-bond donors (Lipinski definition) is 1. The summed E-state index contributed by atoms with van der Waals surface area (Å²) in [6.45, 7) is 4.15. The molecule has 4 nitrogen and oxygen atoms in total. The molecule has 0 radical (unpaired) electrons. The minimum absolute atomic E-state index is 0.0830. The summed E-state index contributed by atoms with van der Waals surface area (Å²) in [5.41, 5.74) is 2.30. The Labute approximate surface area is 107 Å². The van der Waals surface area contributed by atoms with Gasteiger partial charge in [0.15, 0.2) is 0 Å². The van der Waals surface area contributed by atoms with Crippen LogP contribution in [0.25, 0.3) is 0 Å². The van der Waals surface area contributed by atoms with Gasteiger partial charge in [-0.2, -0.15) is 0 Å². The fourth-order valence-corrected chi connectivity index (χ4v) is 2.78. The maximum Gasteiger partial charge on any atom is 0.257 e. The lowest BCUT2D eigenvalue weighted by Crippen LogP contribution is -2.51. The number of anilines is 1. The van der Waals surface area contributed by atoms with Crippen LogP contribution in [0.3, 0.4) is 0 Å². The van der Waals surface area contributed by atoms with Crippen molar-refractivity contribution in [3.63, 3.8) is 0 Å². The van der Waals surface area contributed by atoms with Crippen molar-refractivity contribution >= 4 is 11.6 Å². The van der Waals surface area contributed by atoms with Gasteiger partial charge < -0.3 is 15.0 Å². The van der Waals surface area contributed by atoms with Gasteiger partial charge >= 0.3 is 0 Å². The van der Waals surface area contributed by atoms with E-state index in [9.17, 15) is 4.79 Å². The molecule has 1 amide bonds. The van der Waals surface area contributed by atoms with Crippen LogP contribution < -0.4 is 10.2 Å². The first-order valence-electron chi connectivity index (χ1n) is 6.50. The molecule has 2 aliphatic rings. The first kappa shape index (κ1) is 11.7. The first-order chi connectivity index (χ1) is 8.77. The third-order valence-corrected chi connectivity index (χ3v) is 3.65. The Morgan fingerprint density at radius 1 is 1.44 bits per heavy atom. The number of nitrogens with zero attached hydrogens (tertiary/aromatic N) is 1. The Balaban J connectivity index is 1.85. The van der Waals surface area contributed by atoms with Crippen LogP contribution in [0, 0.1) is 0 Å². The standard InChI is InChI=1S/C14H18N2O2/c1-10-8-11-4-2-3-5-12(11)16(10)14(17)13-9-15-6-7-18-13/h2-5,10,13,15H,6-9H2,1H3/t10-,13+/m0/s1. The van der Waals surface area contributed by atoms with E-state index in [0.29, 0.717) is 13.2 Å². The second kappa shape index (κ2) is 4.71. The number of nitrogens with one attached hydrogen (secondary N) is 1. The summed E-state index contributed by atoms with van der Waals surface area (Å²) in [4.78, 5) is 14.4. The predicted molar refractivity (Wildman–Crippen MR) is 69.7 cm³/mol. The van der Waals surface area contributed by atoms with Crippen molar-refractivity contribution < 1.29 is 9.53 Å². The van der Waals surface area contributed by atoms with Crippen molar-refractivity contribution in [2.75, 3.05) is 24.6 Å². The van der Waals surface area contributed by atoms with E-state index < -0.39 is 0 Å². The summed E-state index contributed by atoms with van der Waals surface area (Å²) in [5.74, 6) is 0.0830. The molecule has 1 aromatic rings. The van der Waals surface area contributed by atoms with Crippen LogP contribution in [0.4, 0.5) is 5.69 Å². The Morgan fingerprint density at radius 2 is 2.28 bits per heavy atom. The second-order valence-electron chi connectivity index (χ2n) is 4.95. The van der Waals surface area contributed by atoms with E-state index in [1.165, 1.54) is 5.56 Å². The van der Waals surface area contributed by atoms with Crippen LogP contribution in [-0.2, 0) is 16.0 Å². The molecule has 2 heterocycles. The van der Waals surface area contributed by atoms with Crippen molar-refractivity contribution in [1.29, 1.82) is 0 Å². The predicted octanol–water partition coefficient (Wildman–Crippen LogP) is 0.953. The molecule has 1 aromatic carbocycles. The molecule has 3 rings (SSSR count). The molecule has 0 aromatic heterocycles. The average molecular weight is 246 g/mol. The molecule has 18 heavy (non-hydrogen) atoms. The van der Waals surface area contributed by atoms with E-state index >= 15 is 0 Å². The first-order valence-corrected chi connectivity index (χ1v) is 6.50. The monoisotopic (exact) mass is 246 g/mol. The molecule has 1 saturated heterocycles. The fourth-order valence-electron chi connectivity index (χ4n) is 2.78. The molecule has 0 bridgehead atoms. The number of para-hydroxylation sites is 1. The molecule has 2 aliphatic heterocycles. The van der Waals surface area contributed by atoms with Gasteiger partial charge in [0.1, 0.15) is 6.10 Å². The van der Waals surface area contributed by atoms with Crippen LogP contribution in [0.5, 0.6) is 0 Å². The number of ether oxygens (including phenoxy) is 1. The molecule has 1 fully saturated rings. The van der Waals surface area contributed by atoms with Gasteiger partial charge in [0.2, 0.25) is 0 Å². The maximum absolute atomic E-state index is 12.5. The second-order valence-corrected chi connectivity index (χ2v) is 4.95. The number of carbonyl (C=O) groups is 1. The van der Waals surface area contributed by atoms with Crippen molar-refractivity contribution in [2.45, 2.75) is 25.5 Å². The summed E-state index contributed by atoms with van der Waals surface area (Å²) < 4.78 is 5.56. The zero-order chi connectivity index (χ0) is 12.5. The number of morpholine rings is 1.